The minimum absolute atomic E-state index is 0.0268. The van der Waals surface area contributed by atoms with E-state index in [2.05, 4.69) is 10.3 Å². The van der Waals surface area contributed by atoms with Gasteiger partial charge in [-0.1, -0.05) is 24.3 Å². The number of aromatic nitrogens is 1. The van der Waals surface area contributed by atoms with E-state index >= 15 is 0 Å². The highest BCUT2D eigenvalue weighted by Gasteiger charge is 2.22. The average molecular weight is 377 g/mol. The third-order valence-corrected chi connectivity index (χ3v) is 4.98. The third kappa shape index (κ3) is 3.55. The molecule has 0 spiro atoms. The molecule has 0 bridgehead atoms. The highest BCUT2D eigenvalue weighted by molar-refractivity contribution is 5.84. The Morgan fingerprint density at radius 3 is 2.89 bits per heavy atom. The van der Waals surface area contributed by atoms with E-state index in [1.165, 1.54) is 18.5 Å². The van der Waals surface area contributed by atoms with E-state index in [-0.39, 0.29) is 11.7 Å². The smallest absolute Gasteiger partial charge is 0.181 e. The summed E-state index contributed by atoms with van der Waals surface area (Å²) in [6.45, 7) is 4.21. The molecular weight excluding hydrogens is 357 g/mol. The van der Waals surface area contributed by atoms with Crippen molar-refractivity contribution < 1.29 is 13.5 Å². The quantitative estimate of drug-likeness (QED) is 0.748. The molecule has 1 unspecified atom stereocenters. The van der Waals surface area contributed by atoms with E-state index in [4.69, 9.17) is 14.4 Å². The first-order chi connectivity index (χ1) is 13.7. The minimum Gasteiger partial charge on any atom is -0.443 e. The van der Waals surface area contributed by atoms with Gasteiger partial charge in [0.25, 0.3) is 0 Å². The van der Waals surface area contributed by atoms with Crippen LogP contribution >= 0.6 is 0 Å². The minimum atomic E-state index is -0.537. The summed E-state index contributed by atoms with van der Waals surface area (Å²) in [7, 11) is 0. The largest absolute Gasteiger partial charge is 0.443 e. The average Bonchev–Trinajstić information content (AvgIpc) is 3.14. The number of hydrogen-bond donors (Lipinski definition) is 1. The monoisotopic (exact) mass is 377 g/mol. The molecule has 5 nitrogen and oxygen atoms in total. The van der Waals surface area contributed by atoms with E-state index in [1.54, 1.807) is 6.07 Å². The molecule has 0 saturated carbocycles. The number of nitrogens with one attached hydrogen (secondary N) is 1. The fourth-order valence-electron chi connectivity index (χ4n) is 3.59. The molecule has 2 aromatic carbocycles. The van der Waals surface area contributed by atoms with Crippen LogP contribution in [-0.2, 0) is 11.2 Å². The Hall–Kier alpha value is -3.01. The van der Waals surface area contributed by atoms with E-state index in [0.717, 1.165) is 35.5 Å². The zero-order chi connectivity index (χ0) is 19.5. The zero-order valence-corrected chi connectivity index (χ0v) is 15.5. The van der Waals surface area contributed by atoms with Gasteiger partial charge < -0.3 is 14.5 Å². The van der Waals surface area contributed by atoms with Crippen molar-refractivity contribution in [2.45, 2.75) is 19.4 Å². The highest BCUT2D eigenvalue weighted by atomic mass is 19.1. The molecule has 1 aliphatic heterocycles. The molecule has 6 heteroatoms. The van der Waals surface area contributed by atoms with Gasteiger partial charge >= 0.3 is 0 Å². The van der Waals surface area contributed by atoms with Gasteiger partial charge in [-0.2, -0.15) is 5.26 Å². The fourth-order valence-corrected chi connectivity index (χ4v) is 3.59. The lowest BCUT2D eigenvalue weighted by molar-refractivity contribution is 0.0293. The molecule has 0 aliphatic carbocycles. The summed E-state index contributed by atoms with van der Waals surface area (Å²) in [4.78, 5) is 4.23. The number of hydrogen-bond acceptors (Lipinski definition) is 5. The number of nitrogens with zero attached hydrogens (tertiary/aromatic N) is 2. The first kappa shape index (κ1) is 18.4. The van der Waals surface area contributed by atoms with Crippen LogP contribution in [0.2, 0.25) is 0 Å². The van der Waals surface area contributed by atoms with Gasteiger partial charge in [0.1, 0.15) is 11.9 Å². The molecule has 0 radical (unpaired) electrons. The second-order valence-corrected chi connectivity index (χ2v) is 6.81. The number of oxazole rings is 1. The first-order valence-electron chi connectivity index (χ1n) is 9.22. The number of benzene rings is 2. The highest BCUT2D eigenvalue weighted by Crippen LogP contribution is 2.37. The van der Waals surface area contributed by atoms with Crippen LogP contribution < -0.4 is 5.32 Å². The molecular formula is C22H20FN3O2. The van der Waals surface area contributed by atoms with E-state index in [9.17, 15) is 4.39 Å². The van der Waals surface area contributed by atoms with Gasteiger partial charge in [0.15, 0.2) is 12.2 Å². The molecule has 1 saturated heterocycles. The van der Waals surface area contributed by atoms with Crippen LogP contribution in [0.15, 0.2) is 47.2 Å². The summed E-state index contributed by atoms with van der Waals surface area (Å²) in [6.07, 6.45) is 2.18. The first-order valence-corrected chi connectivity index (χ1v) is 9.22. The summed E-state index contributed by atoms with van der Waals surface area (Å²) in [5, 5.41) is 12.4. The predicted molar refractivity (Wildman–Crippen MR) is 103 cm³/mol. The number of halogens is 1. The van der Waals surface area contributed by atoms with Gasteiger partial charge in [-0.25, -0.2) is 9.37 Å². The number of morpholine rings is 1. The maximum atomic E-state index is 14.3. The normalized spacial score (nSPS) is 16.7. The number of rotatable bonds is 4. The van der Waals surface area contributed by atoms with Crippen LogP contribution in [-0.4, -0.2) is 30.8 Å². The Labute approximate surface area is 162 Å². The Morgan fingerprint density at radius 2 is 2.21 bits per heavy atom. The van der Waals surface area contributed by atoms with E-state index in [0.29, 0.717) is 24.4 Å². The van der Waals surface area contributed by atoms with Crippen molar-refractivity contribution in [2.75, 3.05) is 19.7 Å². The van der Waals surface area contributed by atoms with E-state index in [1.807, 2.05) is 31.2 Å². The molecule has 1 atom stereocenters. The maximum Gasteiger partial charge on any atom is 0.181 e. The summed E-state index contributed by atoms with van der Waals surface area (Å²) in [5.41, 5.74) is 4.26. The molecule has 4 rings (SSSR count). The van der Waals surface area contributed by atoms with Crippen LogP contribution in [0.1, 0.15) is 16.8 Å². The van der Waals surface area contributed by atoms with Crippen molar-refractivity contribution in [1.82, 2.24) is 10.3 Å². The van der Waals surface area contributed by atoms with Crippen molar-refractivity contribution in [2.24, 2.45) is 0 Å². The summed E-state index contributed by atoms with van der Waals surface area (Å²) < 4.78 is 25.9. The number of aryl methyl sites for hydroxylation is 1. The summed E-state index contributed by atoms with van der Waals surface area (Å²) >= 11 is 0. The molecule has 1 N–H and O–H groups in total. The SMILES string of the molecule is Cc1ncoc1-c1c(CC2CNCCO2)cccc1-c1ccc(C#N)c(F)c1. The third-order valence-electron chi connectivity index (χ3n) is 4.98. The molecule has 1 aromatic heterocycles. The standard InChI is InChI=1S/C22H20FN3O2/c1-14-22(28-13-26-14)21-16(9-18-12-25-7-8-27-18)3-2-4-19(21)15-5-6-17(11-24)20(23)10-15/h2-6,10,13,18,25H,7-9,12H2,1H3. The molecule has 28 heavy (non-hydrogen) atoms. The molecule has 3 aromatic rings. The lowest BCUT2D eigenvalue weighted by Crippen LogP contribution is -2.39. The second-order valence-electron chi connectivity index (χ2n) is 6.81. The topological polar surface area (TPSA) is 71.1 Å². The van der Waals surface area contributed by atoms with Gasteiger partial charge in [0, 0.05) is 25.1 Å². The fraction of sp³-hybridized carbons (Fsp3) is 0.273. The van der Waals surface area contributed by atoms with Gasteiger partial charge in [-0.05, 0) is 35.7 Å². The molecule has 0 amide bonds. The number of nitriles is 1. The van der Waals surface area contributed by atoms with Gasteiger partial charge in [0.2, 0.25) is 0 Å². The van der Waals surface area contributed by atoms with Crippen LogP contribution in [0.5, 0.6) is 0 Å². The Morgan fingerprint density at radius 1 is 1.32 bits per heavy atom. The van der Waals surface area contributed by atoms with Crippen LogP contribution in [0.3, 0.4) is 0 Å². The molecule has 142 valence electrons. The van der Waals surface area contributed by atoms with Crippen LogP contribution in [0.25, 0.3) is 22.5 Å². The summed E-state index contributed by atoms with van der Waals surface area (Å²) in [5.74, 6) is 0.129. The Balaban J connectivity index is 1.84. The van der Waals surface area contributed by atoms with Gasteiger partial charge in [-0.3, -0.25) is 0 Å². The van der Waals surface area contributed by atoms with Crippen molar-refractivity contribution in [3.05, 3.63) is 65.4 Å². The van der Waals surface area contributed by atoms with Crippen LogP contribution in [0.4, 0.5) is 4.39 Å². The predicted octanol–water partition coefficient (Wildman–Crippen LogP) is 3.86. The zero-order valence-electron chi connectivity index (χ0n) is 15.5. The van der Waals surface area contributed by atoms with Gasteiger partial charge in [-0.15, -0.1) is 0 Å². The number of ether oxygens (including phenoxy) is 1. The molecule has 1 fully saturated rings. The Kier molecular flexibility index (Phi) is 5.20. The van der Waals surface area contributed by atoms with Crippen molar-refractivity contribution >= 4 is 0 Å². The van der Waals surface area contributed by atoms with Crippen molar-refractivity contribution in [3.63, 3.8) is 0 Å². The Bertz CT molecular complexity index is 1030. The summed E-state index contributed by atoms with van der Waals surface area (Å²) in [6, 6.07) is 12.4. The van der Waals surface area contributed by atoms with Crippen LogP contribution in [0, 0.1) is 24.1 Å². The lowest BCUT2D eigenvalue weighted by Gasteiger charge is -2.25. The van der Waals surface area contributed by atoms with Crippen molar-refractivity contribution in [1.29, 1.82) is 5.26 Å². The lowest BCUT2D eigenvalue weighted by atomic mass is 9.90. The molecule has 1 aliphatic rings. The molecule has 2 heterocycles. The van der Waals surface area contributed by atoms with Gasteiger partial charge in [0.05, 0.1) is 24.0 Å². The van der Waals surface area contributed by atoms with E-state index < -0.39 is 5.82 Å². The second kappa shape index (κ2) is 7.93. The maximum absolute atomic E-state index is 14.3. The van der Waals surface area contributed by atoms with Crippen molar-refractivity contribution in [3.8, 4) is 28.5 Å².